The van der Waals surface area contributed by atoms with Crippen LogP contribution in [0.15, 0.2) is 48.5 Å². The van der Waals surface area contributed by atoms with Crippen LogP contribution in [0.3, 0.4) is 0 Å². The third-order valence-electron chi connectivity index (χ3n) is 4.25. The minimum atomic E-state index is -0.680. The van der Waals surface area contributed by atoms with E-state index in [1.54, 1.807) is 12.1 Å². The molecule has 0 saturated carbocycles. The van der Waals surface area contributed by atoms with Gasteiger partial charge in [0, 0.05) is 18.8 Å². The molecular formula is C19H19FN2O2. The average Bonchev–Trinajstić information content (AvgIpc) is 2.96. The minimum absolute atomic E-state index is 0.233. The molecule has 3 rings (SSSR count). The summed E-state index contributed by atoms with van der Waals surface area (Å²) in [6.45, 7) is 2.87. The molecule has 2 amide bonds. The first-order valence-corrected chi connectivity index (χ1v) is 7.95. The average molecular weight is 326 g/mol. The van der Waals surface area contributed by atoms with E-state index < -0.39 is 5.92 Å². The van der Waals surface area contributed by atoms with E-state index >= 15 is 0 Å². The lowest BCUT2D eigenvalue weighted by molar-refractivity contribution is -0.132. The van der Waals surface area contributed by atoms with Crippen LogP contribution in [-0.4, -0.2) is 18.4 Å². The first-order chi connectivity index (χ1) is 11.5. The van der Waals surface area contributed by atoms with Gasteiger partial charge in [-0.05, 0) is 43.2 Å². The van der Waals surface area contributed by atoms with Crippen molar-refractivity contribution in [3.05, 3.63) is 65.5 Å². The summed E-state index contributed by atoms with van der Waals surface area (Å²) in [6, 6.07) is 13.6. The van der Waals surface area contributed by atoms with E-state index in [1.165, 1.54) is 17.0 Å². The molecule has 1 fully saturated rings. The summed E-state index contributed by atoms with van der Waals surface area (Å²) in [6.07, 6.45) is 0.468. The lowest BCUT2D eigenvalue weighted by atomic mass is 10.1. The quantitative estimate of drug-likeness (QED) is 0.879. The van der Waals surface area contributed by atoms with Gasteiger partial charge < -0.3 is 10.2 Å². The molecule has 2 aromatic rings. The van der Waals surface area contributed by atoms with Gasteiger partial charge in [-0.15, -0.1) is 0 Å². The monoisotopic (exact) mass is 326 g/mol. The van der Waals surface area contributed by atoms with Crippen LogP contribution >= 0.6 is 0 Å². The molecule has 0 aromatic heterocycles. The van der Waals surface area contributed by atoms with Crippen LogP contribution in [-0.2, 0) is 16.1 Å². The van der Waals surface area contributed by atoms with Gasteiger partial charge in [-0.25, -0.2) is 4.39 Å². The van der Waals surface area contributed by atoms with Crippen molar-refractivity contribution in [2.45, 2.75) is 19.9 Å². The predicted octanol–water partition coefficient (Wildman–Crippen LogP) is 2.80. The Morgan fingerprint density at radius 3 is 2.50 bits per heavy atom. The van der Waals surface area contributed by atoms with Crippen molar-refractivity contribution in [1.82, 2.24) is 5.32 Å². The third kappa shape index (κ3) is 3.45. The summed E-state index contributed by atoms with van der Waals surface area (Å²) in [4.78, 5) is 26.3. The first-order valence-electron chi connectivity index (χ1n) is 7.95. The van der Waals surface area contributed by atoms with Crippen molar-refractivity contribution in [1.29, 1.82) is 0 Å². The molecule has 124 valence electrons. The Bertz CT molecular complexity index is 741. The molecule has 0 unspecified atom stereocenters. The number of hydrogen-bond acceptors (Lipinski definition) is 2. The van der Waals surface area contributed by atoms with Gasteiger partial charge in [-0.3, -0.25) is 9.59 Å². The number of nitrogens with one attached hydrogen (secondary N) is 1. The number of rotatable bonds is 4. The van der Waals surface area contributed by atoms with Crippen molar-refractivity contribution < 1.29 is 14.0 Å². The summed E-state index contributed by atoms with van der Waals surface area (Å²) < 4.78 is 13.0. The van der Waals surface area contributed by atoms with Gasteiger partial charge in [0.2, 0.25) is 11.8 Å². The van der Waals surface area contributed by atoms with Gasteiger partial charge in [0.1, 0.15) is 11.7 Å². The van der Waals surface area contributed by atoms with Crippen LogP contribution in [0.2, 0.25) is 0 Å². The SMILES string of the molecule is Cc1ccc(CNC(=O)[C@@H]2CCN(c3ccc(F)cc3)C2=O)cc1. The van der Waals surface area contributed by atoms with Gasteiger partial charge in [0.15, 0.2) is 0 Å². The second-order valence-electron chi connectivity index (χ2n) is 6.01. The standard InChI is InChI=1S/C19H19FN2O2/c1-13-2-4-14(5-3-13)12-21-18(23)17-10-11-22(19(17)24)16-8-6-15(20)7-9-16/h2-9,17H,10-12H2,1H3,(H,21,23)/t17-/m0/s1. The van der Waals surface area contributed by atoms with E-state index in [2.05, 4.69) is 5.32 Å². The van der Waals surface area contributed by atoms with Crippen LogP contribution in [0.1, 0.15) is 17.5 Å². The summed E-state index contributed by atoms with van der Waals surface area (Å²) in [5.74, 6) is -1.52. The zero-order valence-corrected chi connectivity index (χ0v) is 13.5. The Labute approximate surface area is 140 Å². The molecule has 5 heteroatoms. The van der Waals surface area contributed by atoms with Crippen LogP contribution in [0, 0.1) is 18.7 Å². The van der Waals surface area contributed by atoms with Crippen molar-refractivity contribution >= 4 is 17.5 Å². The number of benzene rings is 2. The fraction of sp³-hybridized carbons (Fsp3) is 0.263. The fourth-order valence-corrected chi connectivity index (χ4v) is 2.82. The van der Waals surface area contributed by atoms with E-state index in [4.69, 9.17) is 0 Å². The maximum absolute atomic E-state index is 13.0. The molecule has 1 aliphatic rings. The van der Waals surface area contributed by atoms with Gasteiger partial charge >= 0.3 is 0 Å². The summed E-state index contributed by atoms with van der Waals surface area (Å²) in [5, 5.41) is 2.83. The molecule has 1 aliphatic heterocycles. The number of anilines is 1. The highest BCUT2D eigenvalue weighted by atomic mass is 19.1. The minimum Gasteiger partial charge on any atom is -0.351 e. The van der Waals surface area contributed by atoms with Gasteiger partial charge in [-0.1, -0.05) is 29.8 Å². The summed E-state index contributed by atoms with van der Waals surface area (Å²) >= 11 is 0. The molecule has 1 N–H and O–H groups in total. The van der Waals surface area contributed by atoms with Crippen molar-refractivity contribution in [2.24, 2.45) is 5.92 Å². The van der Waals surface area contributed by atoms with Crippen LogP contribution < -0.4 is 10.2 Å². The van der Waals surface area contributed by atoms with E-state index in [9.17, 15) is 14.0 Å². The molecule has 2 aromatic carbocycles. The number of aryl methyl sites for hydroxylation is 1. The largest absolute Gasteiger partial charge is 0.351 e. The Morgan fingerprint density at radius 1 is 1.17 bits per heavy atom. The number of amides is 2. The van der Waals surface area contributed by atoms with E-state index in [1.807, 2.05) is 31.2 Å². The first kappa shape index (κ1) is 16.2. The maximum atomic E-state index is 13.0. The lowest BCUT2D eigenvalue weighted by Crippen LogP contribution is -2.36. The normalized spacial score (nSPS) is 17.2. The van der Waals surface area contributed by atoms with Crippen molar-refractivity contribution in [2.75, 3.05) is 11.4 Å². The molecule has 0 radical (unpaired) electrons. The molecule has 0 spiro atoms. The molecular weight excluding hydrogens is 307 g/mol. The Balaban J connectivity index is 1.61. The number of carbonyl (C=O) groups is 2. The fourth-order valence-electron chi connectivity index (χ4n) is 2.82. The van der Waals surface area contributed by atoms with Crippen LogP contribution in [0.5, 0.6) is 0 Å². The number of hydrogen-bond donors (Lipinski definition) is 1. The second kappa shape index (κ2) is 6.83. The zero-order chi connectivity index (χ0) is 17.1. The van der Waals surface area contributed by atoms with Gasteiger partial charge in [-0.2, -0.15) is 0 Å². The second-order valence-corrected chi connectivity index (χ2v) is 6.01. The Kier molecular flexibility index (Phi) is 4.60. The molecule has 1 saturated heterocycles. The molecule has 24 heavy (non-hydrogen) atoms. The Morgan fingerprint density at radius 2 is 1.83 bits per heavy atom. The molecule has 1 heterocycles. The van der Waals surface area contributed by atoms with Crippen LogP contribution in [0.25, 0.3) is 0 Å². The van der Waals surface area contributed by atoms with E-state index in [0.717, 1.165) is 11.1 Å². The zero-order valence-electron chi connectivity index (χ0n) is 13.5. The van der Waals surface area contributed by atoms with Crippen molar-refractivity contribution in [3.8, 4) is 0 Å². The van der Waals surface area contributed by atoms with Crippen LogP contribution in [0.4, 0.5) is 10.1 Å². The number of halogens is 1. The highest BCUT2D eigenvalue weighted by Crippen LogP contribution is 2.25. The summed E-state index contributed by atoms with van der Waals surface area (Å²) in [7, 11) is 0. The summed E-state index contributed by atoms with van der Waals surface area (Å²) in [5.41, 5.74) is 2.77. The highest BCUT2D eigenvalue weighted by molar-refractivity contribution is 6.09. The molecule has 4 nitrogen and oxygen atoms in total. The van der Waals surface area contributed by atoms with Gasteiger partial charge in [0.05, 0.1) is 0 Å². The highest BCUT2D eigenvalue weighted by Gasteiger charge is 2.37. The number of nitrogens with zero attached hydrogens (tertiary/aromatic N) is 1. The van der Waals surface area contributed by atoms with E-state index in [0.29, 0.717) is 25.2 Å². The van der Waals surface area contributed by atoms with Gasteiger partial charge in [0.25, 0.3) is 0 Å². The maximum Gasteiger partial charge on any atom is 0.239 e. The molecule has 0 bridgehead atoms. The lowest BCUT2D eigenvalue weighted by Gasteiger charge is -2.16. The topological polar surface area (TPSA) is 49.4 Å². The predicted molar refractivity (Wildman–Crippen MR) is 89.9 cm³/mol. The molecule has 0 aliphatic carbocycles. The van der Waals surface area contributed by atoms with E-state index in [-0.39, 0.29) is 17.6 Å². The Hall–Kier alpha value is -2.69. The molecule has 1 atom stereocenters. The number of carbonyl (C=O) groups excluding carboxylic acids is 2. The van der Waals surface area contributed by atoms with Crippen molar-refractivity contribution in [3.63, 3.8) is 0 Å². The smallest absolute Gasteiger partial charge is 0.239 e. The third-order valence-corrected chi connectivity index (χ3v) is 4.25.